The lowest BCUT2D eigenvalue weighted by Gasteiger charge is -2.26. The molecule has 3 atom stereocenters. The summed E-state index contributed by atoms with van der Waals surface area (Å²) in [5.74, 6) is 0. The van der Waals surface area contributed by atoms with Gasteiger partial charge in [-0.1, -0.05) is 12.1 Å². The van der Waals surface area contributed by atoms with Gasteiger partial charge in [-0.15, -0.1) is 0 Å². The van der Waals surface area contributed by atoms with Crippen LogP contribution in [0.2, 0.25) is 0 Å². The van der Waals surface area contributed by atoms with Crippen molar-refractivity contribution in [2.24, 2.45) is 0 Å². The fourth-order valence-corrected chi connectivity index (χ4v) is 4.27. The van der Waals surface area contributed by atoms with Crippen LogP contribution in [0.25, 0.3) is 11.0 Å². The molecule has 0 saturated carbocycles. The van der Waals surface area contributed by atoms with E-state index in [9.17, 15) is 9.90 Å². The third kappa shape index (κ3) is 3.15. The van der Waals surface area contributed by atoms with Gasteiger partial charge in [-0.3, -0.25) is 4.57 Å². The molecule has 2 unspecified atom stereocenters. The van der Waals surface area contributed by atoms with E-state index in [4.69, 9.17) is 0 Å². The summed E-state index contributed by atoms with van der Waals surface area (Å²) >= 11 is 1.48. The van der Waals surface area contributed by atoms with Crippen molar-refractivity contribution < 1.29 is 5.11 Å². The van der Waals surface area contributed by atoms with Crippen LogP contribution in [-0.2, 0) is 13.0 Å². The molecular weight excluding hydrogens is 336 g/mol. The number of nitrogens with zero attached hydrogens (tertiary/aromatic N) is 2. The van der Waals surface area contributed by atoms with Gasteiger partial charge in [0.05, 0.1) is 17.1 Å². The molecule has 0 amide bonds. The van der Waals surface area contributed by atoms with Crippen molar-refractivity contribution in [3.63, 3.8) is 0 Å². The second-order valence-corrected chi connectivity index (χ2v) is 7.46. The predicted octanol–water partition coefficient (Wildman–Crippen LogP) is 2.20. The van der Waals surface area contributed by atoms with Gasteiger partial charge in [0.25, 0.3) is 0 Å². The molecule has 2 aromatic heterocycles. The third-order valence-corrected chi connectivity index (χ3v) is 5.67. The second-order valence-electron chi connectivity index (χ2n) is 6.80. The monoisotopic (exact) mass is 358 g/mol. The molecule has 1 aliphatic heterocycles. The Hall–Kier alpha value is -1.96. The number of aryl methyl sites for hydroxylation is 2. The number of aromatic amines is 1. The molecule has 0 radical (unpaired) electrons. The standard InChI is InChI=1S/C18H22N4O2S/c1-11(5-6-12-9-19-25-10-12)20-15-7-8-22-16-13(17(15)23)3-2-4-14(16)21-18(22)24/h2-4,9-11,15,17,20,23H,5-8H2,1H3,(H,21,24)/t11?,15-,17?/m1/s1. The third-order valence-electron chi connectivity index (χ3n) is 5.04. The van der Waals surface area contributed by atoms with E-state index in [-0.39, 0.29) is 17.8 Å². The largest absolute Gasteiger partial charge is 0.387 e. The molecule has 3 heterocycles. The van der Waals surface area contributed by atoms with Gasteiger partial charge in [-0.25, -0.2) is 9.17 Å². The number of para-hydroxylation sites is 1. The van der Waals surface area contributed by atoms with Crippen molar-refractivity contribution in [3.05, 3.63) is 51.4 Å². The lowest BCUT2D eigenvalue weighted by Crippen LogP contribution is -2.41. The summed E-state index contributed by atoms with van der Waals surface area (Å²) in [6.07, 6.45) is 3.96. The van der Waals surface area contributed by atoms with Gasteiger partial charge in [-0.05, 0) is 49.3 Å². The number of hydrogen-bond acceptors (Lipinski definition) is 5. The highest BCUT2D eigenvalue weighted by Crippen LogP contribution is 2.30. The fraction of sp³-hybridized carbons (Fsp3) is 0.444. The first kappa shape index (κ1) is 16.5. The van der Waals surface area contributed by atoms with Crippen LogP contribution in [0.1, 0.15) is 37.0 Å². The van der Waals surface area contributed by atoms with Crippen LogP contribution in [0.4, 0.5) is 0 Å². The summed E-state index contributed by atoms with van der Waals surface area (Å²) in [6.45, 7) is 2.75. The normalized spacial score (nSPS) is 21.4. The molecule has 0 spiro atoms. The van der Waals surface area contributed by atoms with Crippen LogP contribution in [0.15, 0.2) is 34.6 Å². The van der Waals surface area contributed by atoms with Crippen LogP contribution in [0.3, 0.4) is 0 Å². The van der Waals surface area contributed by atoms with Crippen molar-refractivity contribution in [1.29, 1.82) is 0 Å². The van der Waals surface area contributed by atoms with Gasteiger partial charge >= 0.3 is 5.69 Å². The minimum atomic E-state index is -0.627. The maximum Gasteiger partial charge on any atom is 0.326 e. The first-order valence-corrected chi connectivity index (χ1v) is 9.51. The highest BCUT2D eigenvalue weighted by Gasteiger charge is 2.29. The molecule has 0 fully saturated rings. The van der Waals surface area contributed by atoms with E-state index in [0.717, 1.165) is 29.4 Å². The van der Waals surface area contributed by atoms with Gasteiger partial charge in [0.1, 0.15) is 0 Å². The summed E-state index contributed by atoms with van der Waals surface area (Å²) in [6, 6.07) is 5.89. The van der Waals surface area contributed by atoms with Crippen LogP contribution >= 0.6 is 11.5 Å². The van der Waals surface area contributed by atoms with Crippen LogP contribution in [0.5, 0.6) is 0 Å². The molecule has 7 heteroatoms. The Kier molecular flexibility index (Phi) is 4.45. The number of hydrogen-bond donors (Lipinski definition) is 3. The van der Waals surface area contributed by atoms with E-state index in [2.05, 4.69) is 27.0 Å². The Morgan fingerprint density at radius 1 is 1.52 bits per heavy atom. The Morgan fingerprint density at radius 3 is 3.20 bits per heavy atom. The number of nitrogens with one attached hydrogen (secondary N) is 2. The molecule has 1 aromatic carbocycles. The number of imidazole rings is 1. The molecule has 0 aliphatic carbocycles. The molecule has 3 N–H and O–H groups in total. The molecule has 4 rings (SSSR count). The zero-order valence-electron chi connectivity index (χ0n) is 14.1. The zero-order chi connectivity index (χ0) is 17.4. The van der Waals surface area contributed by atoms with E-state index in [1.54, 1.807) is 4.57 Å². The number of aromatic nitrogens is 3. The molecule has 1 aliphatic rings. The zero-order valence-corrected chi connectivity index (χ0v) is 14.9. The molecule has 132 valence electrons. The molecular formula is C18H22N4O2S. The molecule has 0 saturated heterocycles. The van der Waals surface area contributed by atoms with Gasteiger partial charge < -0.3 is 15.4 Å². The van der Waals surface area contributed by atoms with E-state index >= 15 is 0 Å². The van der Waals surface area contributed by atoms with Gasteiger partial charge in [0.2, 0.25) is 0 Å². The highest BCUT2D eigenvalue weighted by atomic mass is 32.1. The minimum Gasteiger partial charge on any atom is -0.387 e. The van der Waals surface area contributed by atoms with E-state index in [1.807, 2.05) is 24.4 Å². The lowest BCUT2D eigenvalue weighted by atomic mass is 9.98. The number of rotatable bonds is 5. The summed E-state index contributed by atoms with van der Waals surface area (Å²) < 4.78 is 5.88. The van der Waals surface area contributed by atoms with E-state index in [0.29, 0.717) is 13.0 Å². The Bertz CT molecular complexity index is 915. The Balaban J connectivity index is 1.51. The summed E-state index contributed by atoms with van der Waals surface area (Å²) in [5.41, 5.74) is 3.60. The van der Waals surface area contributed by atoms with Crippen molar-refractivity contribution in [3.8, 4) is 0 Å². The lowest BCUT2D eigenvalue weighted by molar-refractivity contribution is 0.119. The van der Waals surface area contributed by atoms with Crippen molar-refractivity contribution in [2.45, 2.75) is 50.9 Å². The molecule has 25 heavy (non-hydrogen) atoms. The van der Waals surface area contributed by atoms with Crippen LogP contribution < -0.4 is 11.0 Å². The highest BCUT2D eigenvalue weighted by molar-refractivity contribution is 7.03. The summed E-state index contributed by atoms with van der Waals surface area (Å²) in [7, 11) is 0. The van der Waals surface area contributed by atoms with Gasteiger partial charge in [0.15, 0.2) is 0 Å². The van der Waals surface area contributed by atoms with Crippen molar-refractivity contribution >= 4 is 22.6 Å². The first-order chi connectivity index (χ1) is 12.1. The first-order valence-electron chi connectivity index (χ1n) is 8.67. The second kappa shape index (κ2) is 6.74. The molecule has 6 nitrogen and oxygen atoms in total. The Labute approximate surface area is 149 Å². The minimum absolute atomic E-state index is 0.0690. The fourth-order valence-electron chi connectivity index (χ4n) is 3.70. The topological polar surface area (TPSA) is 82.9 Å². The Morgan fingerprint density at radius 2 is 2.40 bits per heavy atom. The maximum absolute atomic E-state index is 12.2. The van der Waals surface area contributed by atoms with Crippen molar-refractivity contribution in [1.82, 2.24) is 19.2 Å². The summed E-state index contributed by atoms with van der Waals surface area (Å²) in [5, 5.41) is 16.6. The average Bonchev–Trinajstić information content (AvgIpc) is 3.19. The molecule has 3 aromatic rings. The number of aliphatic hydroxyl groups excluding tert-OH is 1. The predicted molar refractivity (Wildman–Crippen MR) is 99.0 cm³/mol. The quantitative estimate of drug-likeness (QED) is 0.653. The van der Waals surface area contributed by atoms with Gasteiger partial charge in [0, 0.05) is 35.8 Å². The average molecular weight is 358 g/mol. The molecule has 0 bridgehead atoms. The maximum atomic E-state index is 12.2. The van der Waals surface area contributed by atoms with E-state index in [1.165, 1.54) is 17.1 Å². The van der Waals surface area contributed by atoms with Crippen molar-refractivity contribution in [2.75, 3.05) is 0 Å². The number of benzene rings is 1. The SMILES string of the molecule is CC(CCc1cnsc1)N[C@@H]1CCn2c(=O)[nH]c3cccc(c32)C1O. The number of H-pyrrole nitrogens is 1. The smallest absolute Gasteiger partial charge is 0.326 e. The summed E-state index contributed by atoms with van der Waals surface area (Å²) in [4.78, 5) is 15.0. The van der Waals surface area contributed by atoms with Crippen LogP contribution in [0, 0.1) is 0 Å². The number of aliphatic hydroxyl groups is 1. The van der Waals surface area contributed by atoms with Crippen LogP contribution in [-0.4, -0.2) is 31.1 Å². The van der Waals surface area contributed by atoms with E-state index < -0.39 is 6.10 Å². The van der Waals surface area contributed by atoms with Gasteiger partial charge in [-0.2, -0.15) is 0 Å².